The number of ether oxygens (including phenoxy) is 3. The third-order valence-corrected chi connectivity index (χ3v) is 10.7. The minimum absolute atomic E-state index is 0.00518. The average Bonchev–Trinajstić information content (AvgIpc) is 3.32. The number of sulfonamides is 1. The van der Waals surface area contributed by atoms with Crippen molar-refractivity contribution in [1.82, 2.24) is 14.6 Å². The molecule has 1 aromatic heterocycles. The van der Waals surface area contributed by atoms with Gasteiger partial charge in [0.2, 0.25) is 15.9 Å². The van der Waals surface area contributed by atoms with Crippen LogP contribution in [0.1, 0.15) is 19.3 Å². The Morgan fingerprint density at radius 3 is 2.70 bits per heavy atom. The molecule has 2 saturated heterocycles. The van der Waals surface area contributed by atoms with Crippen LogP contribution in [-0.2, 0) is 24.6 Å². The average molecular weight is 597 g/mol. The van der Waals surface area contributed by atoms with Crippen LogP contribution < -0.4 is 19.7 Å². The van der Waals surface area contributed by atoms with Crippen molar-refractivity contribution in [1.29, 1.82) is 0 Å². The smallest absolute Gasteiger partial charge is 0.244 e. The van der Waals surface area contributed by atoms with Gasteiger partial charge in [-0.2, -0.15) is 4.31 Å². The third kappa shape index (κ3) is 6.37. The Balaban J connectivity index is 1.09. The van der Waals surface area contributed by atoms with E-state index in [0.29, 0.717) is 69.4 Å². The molecule has 2 atom stereocenters. The first-order valence-electron chi connectivity index (χ1n) is 13.3. The zero-order valence-electron chi connectivity index (χ0n) is 22.7. The van der Waals surface area contributed by atoms with Crippen molar-refractivity contribution in [3.63, 3.8) is 0 Å². The normalized spacial score (nSPS) is 22.1. The lowest BCUT2D eigenvalue weighted by Crippen LogP contribution is -2.47. The van der Waals surface area contributed by atoms with Crippen molar-refractivity contribution >= 4 is 25.5 Å². The Kier molecular flexibility index (Phi) is 8.28. The predicted molar refractivity (Wildman–Crippen MR) is 147 cm³/mol. The molecule has 1 spiro atoms. The van der Waals surface area contributed by atoms with Gasteiger partial charge in [-0.3, -0.25) is 0 Å². The van der Waals surface area contributed by atoms with Crippen LogP contribution >= 0.6 is 0 Å². The van der Waals surface area contributed by atoms with E-state index in [0.717, 1.165) is 6.26 Å². The number of aliphatic hydroxyl groups excluding tert-OH is 1. The number of hydrogen-bond donors (Lipinski definition) is 2. The SMILES string of the molecule is CN1CCOc2ncc(S(=O)(=O)N3CCC4(CC3)CC(NCC(O)COc3cccc(S(C)(=O)=O)c3)CO4)cc21. The monoisotopic (exact) mass is 596 g/mol. The van der Waals surface area contributed by atoms with E-state index >= 15 is 0 Å². The van der Waals surface area contributed by atoms with Gasteiger partial charge < -0.3 is 29.5 Å². The van der Waals surface area contributed by atoms with Gasteiger partial charge in [0.05, 0.1) is 29.8 Å². The number of benzene rings is 1. The Hall–Kier alpha value is -2.49. The van der Waals surface area contributed by atoms with Crippen LogP contribution in [0, 0.1) is 0 Å². The van der Waals surface area contributed by atoms with Gasteiger partial charge in [-0.15, -0.1) is 0 Å². The molecule has 0 bridgehead atoms. The van der Waals surface area contributed by atoms with Crippen LogP contribution in [0.5, 0.6) is 11.6 Å². The summed E-state index contributed by atoms with van der Waals surface area (Å²) >= 11 is 0. The lowest BCUT2D eigenvalue weighted by atomic mass is 9.88. The van der Waals surface area contributed by atoms with Crippen LogP contribution in [0.3, 0.4) is 0 Å². The molecule has 0 saturated carbocycles. The van der Waals surface area contributed by atoms with E-state index in [4.69, 9.17) is 14.2 Å². The number of nitrogens with zero attached hydrogens (tertiary/aromatic N) is 3. The van der Waals surface area contributed by atoms with Crippen LogP contribution in [0.4, 0.5) is 5.69 Å². The van der Waals surface area contributed by atoms with Crippen molar-refractivity contribution in [2.24, 2.45) is 0 Å². The maximum Gasteiger partial charge on any atom is 0.244 e. The van der Waals surface area contributed by atoms with E-state index in [9.17, 15) is 21.9 Å². The summed E-state index contributed by atoms with van der Waals surface area (Å²) in [4.78, 5) is 6.49. The zero-order valence-corrected chi connectivity index (χ0v) is 24.3. The van der Waals surface area contributed by atoms with Crippen molar-refractivity contribution in [3.05, 3.63) is 36.5 Å². The molecule has 0 radical (unpaired) electrons. The number of aliphatic hydroxyl groups is 1. The number of hydrogen-bond acceptors (Lipinski definition) is 11. The van der Waals surface area contributed by atoms with Gasteiger partial charge in [0.25, 0.3) is 0 Å². The Morgan fingerprint density at radius 2 is 1.95 bits per heavy atom. The molecule has 40 heavy (non-hydrogen) atoms. The summed E-state index contributed by atoms with van der Waals surface area (Å²) in [5.74, 6) is 0.819. The molecule has 4 heterocycles. The summed E-state index contributed by atoms with van der Waals surface area (Å²) in [6.45, 7) is 2.63. The van der Waals surface area contributed by atoms with Gasteiger partial charge in [-0.05, 0) is 43.5 Å². The summed E-state index contributed by atoms with van der Waals surface area (Å²) in [7, 11) is -5.16. The number of pyridine rings is 1. The first-order chi connectivity index (χ1) is 19.0. The Labute approximate surface area is 235 Å². The second kappa shape index (κ2) is 11.4. The summed E-state index contributed by atoms with van der Waals surface area (Å²) < 4.78 is 69.0. The number of sulfone groups is 1. The second-order valence-corrected chi connectivity index (χ2v) is 14.6. The molecule has 14 heteroatoms. The third-order valence-electron chi connectivity index (χ3n) is 7.68. The summed E-state index contributed by atoms with van der Waals surface area (Å²) in [5, 5.41) is 13.7. The van der Waals surface area contributed by atoms with E-state index < -0.39 is 31.6 Å². The van der Waals surface area contributed by atoms with E-state index in [1.165, 1.54) is 22.6 Å². The minimum Gasteiger partial charge on any atom is -0.491 e. The fourth-order valence-corrected chi connectivity index (χ4v) is 7.37. The van der Waals surface area contributed by atoms with E-state index in [-0.39, 0.29) is 29.0 Å². The molecule has 2 fully saturated rings. The van der Waals surface area contributed by atoms with Gasteiger partial charge in [0.1, 0.15) is 35.7 Å². The van der Waals surface area contributed by atoms with Gasteiger partial charge >= 0.3 is 0 Å². The number of rotatable bonds is 9. The topological polar surface area (TPSA) is 148 Å². The first-order valence-corrected chi connectivity index (χ1v) is 16.6. The standard InChI is InChI=1S/C26H36N4O8S2/c1-29-10-11-36-25-24(29)13-23(16-28-25)40(34,35)30-8-6-26(7-9-30)14-19(17-38-26)27-15-20(31)18-37-21-4-3-5-22(12-21)39(2,32)33/h3-5,12-13,16,19-20,27,31H,6-11,14-15,17-18H2,1-2H3. The Morgan fingerprint density at radius 1 is 1.18 bits per heavy atom. The number of piperidine rings is 1. The van der Waals surface area contributed by atoms with Gasteiger partial charge in [-0.25, -0.2) is 21.8 Å². The largest absolute Gasteiger partial charge is 0.491 e. The molecule has 12 nitrogen and oxygen atoms in total. The van der Waals surface area contributed by atoms with E-state index in [2.05, 4.69) is 10.3 Å². The molecule has 2 aromatic rings. The predicted octanol–water partition coefficient (Wildman–Crippen LogP) is 0.655. The molecule has 2 unspecified atom stereocenters. The molecule has 0 amide bonds. The molecule has 5 rings (SSSR count). The molecular formula is C26H36N4O8S2. The van der Waals surface area contributed by atoms with E-state index in [1.54, 1.807) is 18.2 Å². The maximum atomic E-state index is 13.4. The highest BCUT2D eigenvalue weighted by molar-refractivity contribution is 7.90. The summed E-state index contributed by atoms with van der Waals surface area (Å²) in [5.41, 5.74) is 0.267. The molecule has 220 valence electrons. The van der Waals surface area contributed by atoms with Crippen molar-refractivity contribution in [2.45, 2.75) is 46.8 Å². The minimum atomic E-state index is -3.70. The molecule has 2 N–H and O–H groups in total. The molecular weight excluding hydrogens is 560 g/mol. The van der Waals surface area contributed by atoms with E-state index in [1.807, 2.05) is 11.9 Å². The van der Waals surface area contributed by atoms with Crippen LogP contribution in [0.25, 0.3) is 0 Å². The summed E-state index contributed by atoms with van der Waals surface area (Å²) in [6.07, 6.45) is 3.56. The lowest BCUT2D eigenvalue weighted by Gasteiger charge is -2.38. The Bertz CT molecular complexity index is 1430. The number of aromatic nitrogens is 1. The highest BCUT2D eigenvalue weighted by Gasteiger charge is 2.45. The fourth-order valence-electron chi connectivity index (χ4n) is 5.30. The first kappa shape index (κ1) is 29.0. The quantitative estimate of drug-likeness (QED) is 0.421. The number of fused-ring (bicyclic) bond motifs is 1. The molecule has 3 aliphatic heterocycles. The van der Waals surface area contributed by atoms with Gasteiger partial charge in [0.15, 0.2) is 9.84 Å². The number of anilines is 1. The van der Waals surface area contributed by atoms with Crippen molar-refractivity contribution < 1.29 is 36.2 Å². The maximum absolute atomic E-state index is 13.4. The molecule has 3 aliphatic rings. The van der Waals surface area contributed by atoms with Crippen LogP contribution in [0.15, 0.2) is 46.3 Å². The van der Waals surface area contributed by atoms with Crippen molar-refractivity contribution in [2.75, 3.05) is 64.2 Å². The lowest BCUT2D eigenvalue weighted by molar-refractivity contribution is -0.0312. The highest BCUT2D eigenvalue weighted by atomic mass is 32.2. The van der Waals surface area contributed by atoms with Crippen LogP contribution in [0.2, 0.25) is 0 Å². The zero-order chi connectivity index (χ0) is 28.5. The van der Waals surface area contributed by atoms with Gasteiger partial charge in [0, 0.05) is 39.0 Å². The fraction of sp³-hybridized carbons (Fsp3) is 0.577. The number of nitrogens with one attached hydrogen (secondary N) is 1. The summed E-state index contributed by atoms with van der Waals surface area (Å²) in [6, 6.07) is 7.82. The van der Waals surface area contributed by atoms with Crippen LogP contribution in [-0.4, -0.2) is 108 Å². The van der Waals surface area contributed by atoms with Crippen molar-refractivity contribution in [3.8, 4) is 11.6 Å². The molecule has 0 aliphatic carbocycles. The molecule has 1 aromatic carbocycles. The highest BCUT2D eigenvalue weighted by Crippen LogP contribution is 2.38. The number of likely N-dealkylation sites (N-methyl/N-ethyl adjacent to an activating group) is 1. The van der Waals surface area contributed by atoms with Gasteiger partial charge in [-0.1, -0.05) is 6.07 Å². The second-order valence-electron chi connectivity index (χ2n) is 10.7.